The Kier molecular flexibility index (Phi) is 5.78. The third kappa shape index (κ3) is 4.57. The maximum absolute atomic E-state index is 11.0. The van der Waals surface area contributed by atoms with Crippen LogP contribution in [-0.4, -0.2) is 22.5 Å². The van der Waals surface area contributed by atoms with Crippen LogP contribution in [0.2, 0.25) is 0 Å². The van der Waals surface area contributed by atoms with Gasteiger partial charge in [0.2, 0.25) is 0 Å². The molecule has 0 fully saturated rings. The summed E-state index contributed by atoms with van der Waals surface area (Å²) in [7, 11) is 0. The molecule has 0 spiro atoms. The molecule has 0 bridgehead atoms. The Hall–Kier alpha value is -2.11. The Labute approximate surface area is 111 Å². The Morgan fingerprint density at radius 3 is 2.68 bits per heavy atom. The lowest BCUT2D eigenvalue weighted by Gasteiger charge is -2.07. The maximum Gasteiger partial charge on any atom is 0.342 e. The highest BCUT2D eigenvalue weighted by Gasteiger charge is 2.19. The third-order valence-corrected chi connectivity index (χ3v) is 2.78. The monoisotopic (exact) mass is 266 g/mol. The van der Waals surface area contributed by atoms with Gasteiger partial charge in [-0.25, -0.2) is 4.79 Å². The number of hydrogen-bond donors (Lipinski definition) is 2. The molecule has 0 aliphatic heterocycles. The van der Waals surface area contributed by atoms with Crippen molar-refractivity contribution in [2.24, 2.45) is 0 Å². The topological polar surface area (TPSA) is 92.5 Å². The van der Waals surface area contributed by atoms with Gasteiger partial charge in [-0.05, 0) is 18.6 Å². The van der Waals surface area contributed by atoms with Crippen molar-refractivity contribution >= 4 is 17.3 Å². The molecule has 0 aromatic heterocycles. The van der Waals surface area contributed by atoms with Crippen LogP contribution in [0.4, 0.5) is 11.4 Å². The van der Waals surface area contributed by atoms with E-state index in [1.165, 1.54) is 24.6 Å². The number of nitro benzene ring substituents is 1. The molecule has 1 rings (SSSR count). The second kappa shape index (κ2) is 7.35. The van der Waals surface area contributed by atoms with E-state index in [9.17, 15) is 14.9 Å². The van der Waals surface area contributed by atoms with Gasteiger partial charge >= 0.3 is 5.97 Å². The van der Waals surface area contributed by atoms with E-state index in [2.05, 4.69) is 12.2 Å². The van der Waals surface area contributed by atoms with Gasteiger partial charge in [-0.15, -0.1) is 0 Å². The van der Waals surface area contributed by atoms with Crippen molar-refractivity contribution < 1.29 is 14.8 Å². The third-order valence-electron chi connectivity index (χ3n) is 2.78. The van der Waals surface area contributed by atoms with E-state index >= 15 is 0 Å². The van der Waals surface area contributed by atoms with Gasteiger partial charge in [0.1, 0.15) is 5.56 Å². The molecular weight excluding hydrogens is 248 g/mol. The lowest BCUT2D eigenvalue weighted by atomic mass is 10.1. The number of anilines is 1. The summed E-state index contributed by atoms with van der Waals surface area (Å²) in [6.45, 7) is 2.86. The molecule has 2 N–H and O–H groups in total. The minimum Gasteiger partial charge on any atom is -0.477 e. The van der Waals surface area contributed by atoms with Crippen LogP contribution in [0.25, 0.3) is 0 Å². The molecule has 1 aromatic rings. The van der Waals surface area contributed by atoms with Crippen molar-refractivity contribution in [1.82, 2.24) is 0 Å². The maximum atomic E-state index is 11.0. The lowest BCUT2D eigenvalue weighted by Crippen LogP contribution is -2.06. The molecule has 0 aliphatic rings. The van der Waals surface area contributed by atoms with Gasteiger partial charge in [-0.2, -0.15) is 0 Å². The standard InChI is InChI=1S/C13H18N2O4/c1-2-3-4-5-8-14-10-6-7-12(15(18)19)11(9-10)13(16)17/h6-7,9,14H,2-5,8H2,1H3,(H,16,17). The molecule has 0 saturated heterocycles. The van der Waals surface area contributed by atoms with Crippen molar-refractivity contribution in [1.29, 1.82) is 0 Å². The molecule has 0 atom stereocenters. The zero-order valence-electron chi connectivity index (χ0n) is 10.9. The van der Waals surface area contributed by atoms with Crippen molar-refractivity contribution in [2.45, 2.75) is 32.6 Å². The predicted octanol–water partition coefficient (Wildman–Crippen LogP) is 3.29. The van der Waals surface area contributed by atoms with Crippen LogP contribution < -0.4 is 5.32 Å². The second-order valence-corrected chi connectivity index (χ2v) is 4.28. The van der Waals surface area contributed by atoms with Crippen LogP contribution in [0.1, 0.15) is 43.0 Å². The molecule has 0 saturated carbocycles. The Balaban J connectivity index is 2.68. The molecule has 1 aromatic carbocycles. The fraction of sp³-hybridized carbons (Fsp3) is 0.462. The largest absolute Gasteiger partial charge is 0.477 e. The molecule has 19 heavy (non-hydrogen) atoms. The van der Waals surface area contributed by atoms with Crippen LogP contribution in [0.15, 0.2) is 18.2 Å². The number of rotatable bonds is 8. The second-order valence-electron chi connectivity index (χ2n) is 4.28. The number of aromatic carboxylic acids is 1. The summed E-state index contributed by atoms with van der Waals surface area (Å²) in [4.78, 5) is 21.0. The quantitative estimate of drug-likeness (QED) is 0.428. The van der Waals surface area contributed by atoms with Gasteiger partial charge in [-0.1, -0.05) is 26.2 Å². The van der Waals surface area contributed by atoms with Gasteiger partial charge in [0, 0.05) is 18.3 Å². The summed E-state index contributed by atoms with van der Waals surface area (Å²) in [6, 6.07) is 4.06. The van der Waals surface area contributed by atoms with Crippen LogP contribution in [0.3, 0.4) is 0 Å². The predicted molar refractivity (Wildman–Crippen MR) is 72.7 cm³/mol. The average Bonchev–Trinajstić information content (AvgIpc) is 2.38. The first kappa shape index (κ1) is 14.9. The van der Waals surface area contributed by atoms with Gasteiger partial charge < -0.3 is 10.4 Å². The first-order valence-electron chi connectivity index (χ1n) is 6.32. The highest BCUT2D eigenvalue weighted by Crippen LogP contribution is 2.22. The van der Waals surface area contributed by atoms with E-state index in [-0.39, 0.29) is 11.3 Å². The van der Waals surface area contributed by atoms with Crippen molar-refractivity contribution in [2.75, 3.05) is 11.9 Å². The van der Waals surface area contributed by atoms with E-state index in [1.807, 2.05) is 0 Å². The summed E-state index contributed by atoms with van der Waals surface area (Å²) >= 11 is 0. The number of unbranched alkanes of at least 4 members (excludes halogenated alkanes) is 3. The molecule has 0 amide bonds. The van der Waals surface area contributed by atoms with Gasteiger partial charge in [0.05, 0.1) is 4.92 Å². The highest BCUT2D eigenvalue weighted by atomic mass is 16.6. The Morgan fingerprint density at radius 2 is 2.11 bits per heavy atom. The highest BCUT2D eigenvalue weighted by molar-refractivity contribution is 5.93. The summed E-state index contributed by atoms with van der Waals surface area (Å²) in [6.07, 6.45) is 4.43. The zero-order chi connectivity index (χ0) is 14.3. The summed E-state index contributed by atoms with van der Waals surface area (Å²) in [5, 5.41) is 22.7. The molecule has 0 heterocycles. The summed E-state index contributed by atoms with van der Waals surface area (Å²) < 4.78 is 0. The average molecular weight is 266 g/mol. The van der Waals surface area contributed by atoms with Crippen molar-refractivity contribution in [3.8, 4) is 0 Å². The number of nitro groups is 1. The van der Waals surface area contributed by atoms with E-state index in [1.54, 1.807) is 0 Å². The molecule has 0 aliphatic carbocycles. The van der Waals surface area contributed by atoms with E-state index in [4.69, 9.17) is 5.11 Å². The van der Waals surface area contributed by atoms with Crippen LogP contribution in [0, 0.1) is 10.1 Å². The van der Waals surface area contributed by atoms with Crippen molar-refractivity contribution in [3.63, 3.8) is 0 Å². The molecule has 104 valence electrons. The number of nitrogens with zero attached hydrogens (tertiary/aromatic N) is 1. The molecule has 0 unspecified atom stereocenters. The summed E-state index contributed by atoms with van der Waals surface area (Å²) in [5.41, 5.74) is -0.0768. The lowest BCUT2D eigenvalue weighted by molar-refractivity contribution is -0.385. The number of hydrogen-bond acceptors (Lipinski definition) is 4. The first-order valence-corrected chi connectivity index (χ1v) is 6.32. The van der Waals surface area contributed by atoms with Crippen LogP contribution in [-0.2, 0) is 0 Å². The van der Waals surface area contributed by atoms with Gasteiger partial charge in [0.15, 0.2) is 0 Å². The van der Waals surface area contributed by atoms with E-state index in [0.29, 0.717) is 5.69 Å². The molecule has 6 heteroatoms. The van der Waals surface area contributed by atoms with Crippen molar-refractivity contribution in [3.05, 3.63) is 33.9 Å². The minimum absolute atomic E-state index is 0.288. The Bertz CT molecular complexity index is 460. The van der Waals surface area contributed by atoms with Crippen LogP contribution >= 0.6 is 0 Å². The fourth-order valence-electron chi connectivity index (χ4n) is 1.76. The number of carbonyl (C=O) groups is 1. The molecule has 0 radical (unpaired) electrons. The number of benzene rings is 1. The smallest absolute Gasteiger partial charge is 0.342 e. The fourth-order valence-corrected chi connectivity index (χ4v) is 1.76. The SMILES string of the molecule is CCCCCCNc1ccc([N+](=O)[O-])c(C(=O)O)c1. The normalized spacial score (nSPS) is 10.2. The van der Waals surface area contributed by atoms with E-state index in [0.717, 1.165) is 25.8 Å². The zero-order valence-corrected chi connectivity index (χ0v) is 10.9. The van der Waals surface area contributed by atoms with Gasteiger partial charge in [-0.3, -0.25) is 10.1 Å². The molecular formula is C13H18N2O4. The first-order chi connectivity index (χ1) is 9.06. The van der Waals surface area contributed by atoms with Gasteiger partial charge in [0.25, 0.3) is 5.69 Å². The number of nitrogens with one attached hydrogen (secondary N) is 1. The number of carboxylic acids is 1. The number of carboxylic acid groups (broad SMARTS) is 1. The summed E-state index contributed by atoms with van der Waals surface area (Å²) in [5.74, 6) is -1.29. The molecule has 6 nitrogen and oxygen atoms in total. The van der Waals surface area contributed by atoms with E-state index < -0.39 is 10.9 Å². The Morgan fingerprint density at radius 1 is 1.37 bits per heavy atom. The minimum atomic E-state index is -1.29. The van der Waals surface area contributed by atoms with Crippen LogP contribution in [0.5, 0.6) is 0 Å².